The van der Waals surface area contributed by atoms with E-state index >= 15 is 0 Å². The first-order chi connectivity index (χ1) is 3.63. The second-order valence-corrected chi connectivity index (χ2v) is 1.29. The summed E-state index contributed by atoms with van der Waals surface area (Å²) in [7, 11) is 0. The first kappa shape index (κ1) is 11.0. The predicted molar refractivity (Wildman–Crippen MR) is 32.5 cm³/mol. The van der Waals surface area contributed by atoms with Gasteiger partial charge in [0.2, 0.25) is 0 Å². The van der Waals surface area contributed by atoms with Crippen molar-refractivity contribution in [3.63, 3.8) is 0 Å². The zero-order valence-electron chi connectivity index (χ0n) is 6.83. The van der Waals surface area contributed by atoms with Crippen molar-refractivity contribution in [2.75, 3.05) is 0 Å². The van der Waals surface area contributed by atoms with E-state index in [-0.39, 0.29) is 25.8 Å². The Labute approximate surface area is 58.7 Å². The SMILES string of the molecule is O=C(O)CCC(=O)O.[Be+2].[H-].[H-]. The molecule has 0 fully saturated rings. The Bertz CT molecular complexity index is 105. The van der Waals surface area contributed by atoms with Crippen molar-refractivity contribution in [2.45, 2.75) is 12.8 Å². The van der Waals surface area contributed by atoms with Crippen LogP contribution in [0.5, 0.6) is 0 Å². The molecule has 0 aromatic rings. The fourth-order valence-corrected chi connectivity index (χ4v) is 0.214. The minimum Gasteiger partial charge on any atom is -1.00 e. The van der Waals surface area contributed by atoms with E-state index in [1.54, 1.807) is 0 Å². The van der Waals surface area contributed by atoms with Crippen LogP contribution in [0.2, 0.25) is 0 Å². The predicted octanol–water partition coefficient (Wildman–Crippen LogP) is -0.220. The van der Waals surface area contributed by atoms with Crippen molar-refractivity contribution in [3.05, 3.63) is 0 Å². The van der Waals surface area contributed by atoms with E-state index < -0.39 is 11.9 Å². The maximum absolute atomic E-state index is 9.64. The largest absolute Gasteiger partial charge is 2.00 e. The van der Waals surface area contributed by atoms with E-state index in [9.17, 15) is 9.59 Å². The van der Waals surface area contributed by atoms with E-state index in [4.69, 9.17) is 10.2 Å². The quantitative estimate of drug-likeness (QED) is 0.516. The van der Waals surface area contributed by atoms with Crippen molar-refractivity contribution < 1.29 is 22.7 Å². The Morgan fingerprint density at radius 1 is 1.11 bits per heavy atom. The van der Waals surface area contributed by atoms with Gasteiger partial charge in [-0.2, -0.15) is 0 Å². The van der Waals surface area contributed by atoms with Gasteiger partial charge in [0.25, 0.3) is 0 Å². The molecule has 0 aliphatic rings. The van der Waals surface area contributed by atoms with Crippen LogP contribution < -0.4 is 0 Å². The van der Waals surface area contributed by atoms with Crippen LogP contribution >= 0.6 is 0 Å². The van der Waals surface area contributed by atoms with Crippen LogP contribution in [0.3, 0.4) is 0 Å². The van der Waals surface area contributed by atoms with Crippen LogP contribution in [0.25, 0.3) is 0 Å². The Morgan fingerprint density at radius 2 is 1.33 bits per heavy atom. The summed E-state index contributed by atoms with van der Waals surface area (Å²) in [5, 5.41) is 15.8. The average molecular weight is 129 g/mol. The summed E-state index contributed by atoms with van der Waals surface area (Å²) in [5.41, 5.74) is 0. The van der Waals surface area contributed by atoms with Crippen LogP contribution in [0.1, 0.15) is 15.7 Å². The molecule has 0 saturated carbocycles. The fourth-order valence-electron chi connectivity index (χ4n) is 0.214. The van der Waals surface area contributed by atoms with Gasteiger partial charge in [-0.15, -0.1) is 0 Å². The molecule has 0 radical (unpaired) electrons. The topological polar surface area (TPSA) is 74.6 Å². The number of hydrogen-bond acceptors (Lipinski definition) is 2. The molecule has 0 aliphatic carbocycles. The normalized spacial score (nSPS) is 7.56. The van der Waals surface area contributed by atoms with Gasteiger partial charge < -0.3 is 13.1 Å². The fraction of sp³-hybridized carbons (Fsp3) is 0.500. The van der Waals surface area contributed by atoms with Gasteiger partial charge in [-0.1, -0.05) is 0 Å². The molecule has 2 N–H and O–H groups in total. The number of rotatable bonds is 3. The molecule has 0 rings (SSSR count). The van der Waals surface area contributed by atoms with Crippen LogP contribution in [0.15, 0.2) is 0 Å². The Morgan fingerprint density at radius 3 is 1.44 bits per heavy atom. The minimum absolute atomic E-state index is 0. The van der Waals surface area contributed by atoms with Gasteiger partial charge in [-0.05, 0) is 0 Å². The van der Waals surface area contributed by atoms with E-state index in [0.717, 1.165) is 0 Å². The maximum Gasteiger partial charge on any atom is 2.00 e. The smallest absolute Gasteiger partial charge is 1.00 e. The van der Waals surface area contributed by atoms with Crippen LogP contribution in [0, 0.1) is 0 Å². The van der Waals surface area contributed by atoms with Gasteiger partial charge in [0.1, 0.15) is 0 Å². The second kappa shape index (κ2) is 5.25. The summed E-state index contributed by atoms with van der Waals surface area (Å²) in [6.45, 7) is 0. The molecule has 0 aromatic carbocycles. The third kappa shape index (κ3) is 11.0. The second-order valence-electron chi connectivity index (χ2n) is 1.29. The van der Waals surface area contributed by atoms with Crippen molar-refractivity contribution in [2.24, 2.45) is 0 Å². The molecule has 0 amide bonds. The van der Waals surface area contributed by atoms with Crippen molar-refractivity contribution in [3.8, 4) is 0 Å². The molecule has 0 saturated heterocycles. The standard InChI is InChI=1S/C4H6O4.Be.2H/c5-3(6)1-2-4(7)8;;;/h1-2H2,(H,5,6)(H,7,8);;;/q;+2;2*-1. The van der Waals surface area contributed by atoms with Crippen molar-refractivity contribution in [1.29, 1.82) is 0 Å². The van der Waals surface area contributed by atoms with Crippen LogP contribution in [-0.2, 0) is 9.59 Å². The Balaban J connectivity index is -0.0000000817. The van der Waals surface area contributed by atoms with E-state index in [0.29, 0.717) is 0 Å². The third-order valence-corrected chi connectivity index (χ3v) is 0.553. The van der Waals surface area contributed by atoms with Crippen LogP contribution in [-0.4, -0.2) is 32.3 Å². The summed E-state index contributed by atoms with van der Waals surface area (Å²) < 4.78 is 0. The third-order valence-electron chi connectivity index (χ3n) is 0.553. The van der Waals surface area contributed by atoms with Gasteiger partial charge in [-0.25, -0.2) is 0 Å². The van der Waals surface area contributed by atoms with Gasteiger partial charge in [-0.3, -0.25) is 9.59 Å². The van der Waals surface area contributed by atoms with Gasteiger partial charge in [0.05, 0.1) is 12.8 Å². The summed E-state index contributed by atoms with van der Waals surface area (Å²) in [4.78, 5) is 19.3. The van der Waals surface area contributed by atoms with Gasteiger partial charge in [0.15, 0.2) is 0 Å². The summed E-state index contributed by atoms with van der Waals surface area (Å²) in [6, 6.07) is 0. The molecule has 0 spiro atoms. The molecule has 5 heteroatoms. The number of carbonyl (C=O) groups is 2. The zero-order chi connectivity index (χ0) is 6.57. The first-order valence-electron chi connectivity index (χ1n) is 2.06. The first-order valence-corrected chi connectivity index (χ1v) is 2.06. The monoisotopic (exact) mass is 129 g/mol. The minimum atomic E-state index is -1.08. The molecule has 0 heterocycles. The molecular weight excluding hydrogens is 121 g/mol. The number of carboxylic acid groups (broad SMARTS) is 2. The molecule has 50 valence electrons. The van der Waals surface area contributed by atoms with E-state index in [1.807, 2.05) is 0 Å². The Hall–Kier alpha value is -0.891. The number of carboxylic acids is 2. The molecule has 0 aliphatic heterocycles. The zero-order valence-corrected chi connectivity index (χ0v) is 4.83. The maximum atomic E-state index is 9.64. The summed E-state index contributed by atoms with van der Waals surface area (Å²) in [5.74, 6) is -2.15. The van der Waals surface area contributed by atoms with Crippen molar-refractivity contribution in [1.82, 2.24) is 0 Å². The molecule has 0 atom stereocenters. The van der Waals surface area contributed by atoms with Crippen LogP contribution in [0.4, 0.5) is 0 Å². The summed E-state index contributed by atoms with van der Waals surface area (Å²) >= 11 is 0. The molecule has 0 unspecified atom stereocenters. The molecule has 0 bridgehead atoms. The molecular formula is C4H8BeO4. The number of hydrogen-bond donors (Lipinski definition) is 2. The van der Waals surface area contributed by atoms with E-state index in [1.165, 1.54) is 0 Å². The van der Waals surface area contributed by atoms with E-state index in [2.05, 4.69) is 0 Å². The summed E-state index contributed by atoms with van der Waals surface area (Å²) in [6.07, 6.45) is -0.593. The van der Waals surface area contributed by atoms with Crippen molar-refractivity contribution >= 4 is 22.1 Å². The van der Waals surface area contributed by atoms with Gasteiger partial charge in [0, 0.05) is 0 Å². The van der Waals surface area contributed by atoms with Gasteiger partial charge >= 0.3 is 22.1 Å². The molecule has 4 nitrogen and oxygen atoms in total. The molecule has 0 aromatic heterocycles. The molecule has 9 heavy (non-hydrogen) atoms. The number of aliphatic carboxylic acids is 2. The Kier molecular flexibility index (Phi) is 6.40. The average Bonchev–Trinajstić information content (AvgIpc) is 1.61.